The highest BCUT2D eigenvalue weighted by Gasteiger charge is 2.63. The van der Waals surface area contributed by atoms with E-state index < -0.39 is 17.2 Å². The maximum absolute atomic E-state index is 10.4. The molecule has 0 amide bonds. The molecule has 2 unspecified atom stereocenters. The first kappa shape index (κ1) is 26.6. The van der Waals surface area contributed by atoms with Gasteiger partial charge >= 0.3 is 0 Å². The second-order valence-electron chi connectivity index (χ2n) is 9.71. The summed E-state index contributed by atoms with van der Waals surface area (Å²) in [5.74, 6) is -4.94. The molecule has 5 rings (SSSR count). The lowest BCUT2D eigenvalue weighted by Crippen LogP contribution is -2.57. The molecule has 0 bridgehead atoms. The summed E-state index contributed by atoms with van der Waals surface area (Å²) in [5.41, 5.74) is 1.11. The van der Waals surface area contributed by atoms with Crippen molar-refractivity contribution in [2.45, 2.75) is 62.8 Å². The third-order valence-electron chi connectivity index (χ3n) is 7.02. The molecule has 2 aromatic carbocycles. The van der Waals surface area contributed by atoms with Crippen LogP contribution < -0.4 is 10.6 Å². The summed E-state index contributed by atoms with van der Waals surface area (Å²) in [7, 11) is 2.01. The summed E-state index contributed by atoms with van der Waals surface area (Å²) in [4.78, 5) is 2.98. The molecule has 0 saturated carbocycles. The zero-order valence-electron chi connectivity index (χ0n) is 20.7. The number of hydrogen-bond donors (Lipinski definition) is 8. The predicted molar refractivity (Wildman–Crippen MR) is 143 cm³/mol. The van der Waals surface area contributed by atoms with Crippen LogP contribution in [0.25, 0.3) is 21.0 Å². The highest BCUT2D eigenvalue weighted by atomic mass is 32.1. The second kappa shape index (κ2) is 10.1. The van der Waals surface area contributed by atoms with E-state index in [9.17, 15) is 25.5 Å². The normalized spacial score (nSPS) is 21.4. The fraction of sp³-hybridized carbons (Fsp3) is 0.407. The molecule has 1 fully saturated rings. The third kappa shape index (κ3) is 5.01. The summed E-state index contributed by atoms with van der Waals surface area (Å²) in [6.45, 7) is 4.07. The van der Waals surface area contributed by atoms with E-state index in [1.807, 2.05) is 30.6 Å². The van der Waals surface area contributed by atoms with E-state index in [4.69, 9.17) is 0 Å². The monoisotopic (exact) mass is 513 g/mol. The Morgan fingerprint density at radius 2 is 1.89 bits per heavy atom. The first-order chi connectivity index (χ1) is 17.0. The molecule has 0 radical (unpaired) electrons. The molecule has 8 nitrogen and oxygen atoms in total. The standard InChI is InChI=1S/C15H20N2O5.C12H15NS/c1-2-6-13(8-14(19,20)17-15(13,21)22)9-7-16-10-4-3-5-11(18)12(9)10;1-9(13-2)7-10-3-4-11-5-6-14-12(11)8-10/h3-5,7,16-22H,2,6,8H2,1H3;3-6,8-9,13H,7H2,1-2H3. The van der Waals surface area contributed by atoms with Gasteiger partial charge in [-0.25, -0.2) is 5.32 Å². The van der Waals surface area contributed by atoms with Crippen molar-refractivity contribution in [2.75, 3.05) is 7.05 Å². The summed E-state index contributed by atoms with van der Waals surface area (Å²) in [6, 6.07) is 14.4. The Balaban J connectivity index is 0.000000187. The van der Waals surface area contributed by atoms with Gasteiger partial charge in [0, 0.05) is 34.3 Å². The minimum absolute atomic E-state index is 0.00610. The summed E-state index contributed by atoms with van der Waals surface area (Å²) in [6.07, 6.45) is 3.23. The van der Waals surface area contributed by atoms with E-state index in [0.717, 1.165) is 6.42 Å². The minimum atomic E-state index is -2.52. The Bertz CT molecular complexity index is 1330. The maximum atomic E-state index is 10.4. The number of aromatic nitrogens is 1. The third-order valence-corrected chi connectivity index (χ3v) is 7.90. The number of H-pyrrole nitrogens is 1. The van der Waals surface area contributed by atoms with E-state index in [1.165, 1.54) is 21.7 Å². The largest absolute Gasteiger partial charge is 0.507 e. The molecule has 194 valence electrons. The number of thiophene rings is 1. The van der Waals surface area contributed by atoms with Gasteiger partial charge in [0.2, 0.25) is 11.8 Å². The molecule has 0 spiro atoms. The lowest BCUT2D eigenvalue weighted by molar-refractivity contribution is -0.253. The van der Waals surface area contributed by atoms with Crippen molar-refractivity contribution in [2.24, 2.45) is 0 Å². The van der Waals surface area contributed by atoms with Gasteiger partial charge in [-0.2, -0.15) is 0 Å². The molecule has 8 N–H and O–H groups in total. The van der Waals surface area contributed by atoms with Gasteiger partial charge in [-0.1, -0.05) is 31.5 Å². The Hall–Kier alpha value is -2.50. The molecule has 1 aliphatic rings. The fourth-order valence-corrected chi connectivity index (χ4v) is 6.07. The number of nitrogens with one attached hydrogen (secondary N) is 3. The lowest BCUT2D eigenvalue weighted by Gasteiger charge is -2.37. The Labute approximate surface area is 214 Å². The number of rotatable bonds is 6. The molecule has 2 aromatic heterocycles. The van der Waals surface area contributed by atoms with Crippen molar-refractivity contribution in [1.82, 2.24) is 15.6 Å². The molecule has 36 heavy (non-hydrogen) atoms. The number of phenolic OH excluding ortho intramolecular Hbond substituents is 1. The average molecular weight is 514 g/mol. The van der Waals surface area contributed by atoms with Crippen LogP contribution in [0.4, 0.5) is 0 Å². The highest BCUT2D eigenvalue weighted by Crippen LogP contribution is 2.51. The Morgan fingerprint density at radius 3 is 2.56 bits per heavy atom. The van der Waals surface area contributed by atoms with Crippen molar-refractivity contribution < 1.29 is 25.5 Å². The van der Waals surface area contributed by atoms with Crippen LogP contribution in [0.3, 0.4) is 0 Å². The van der Waals surface area contributed by atoms with Gasteiger partial charge in [0.1, 0.15) is 5.75 Å². The van der Waals surface area contributed by atoms with Crippen LogP contribution in [0.1, 0.15) is 44.2 Å². The number of likely N-dealkylation sites (N-methyl/N-ethyl adjacent to an activating group) is 1. The van der Waals surface area contributed by atoms with E-state index in [1.54, 1.807) is 18.3 Å². The van der Waals surface area contributed by atoms with Crippen molar-refractivity contribution >= 4 is 32.3 Å². The first-order valence-corrected chi connectivity index (χ1v) is 13.0. The van der Waals surface area contributed by atoms with E-state index in [2.05, 4.69) is 46.9 Å². The number of phenols is 1. The van der Waals surface area contributed by atoms with Crippen molar-refractivity contribution in [3.8, 4) is 5.75 Å². The topological polar surface area (TPSA) is 141 Å². The average Bonchev–Trinajstić information content (AvgIpc) is 3.49. The van der Waals surface area contributed by atoms with Crippen molar-refractivity contribution in [3.63, 3.8) is 0 Å². The first-order valence-electron chi connectivity index (χ1n) is 12.1. The molecule has 9 heteroatoms. The van der Waals surface area contributed by atoms with Crippen LogP contribution in [0.2, 0.25) is 0 Å². The number of aromatic hydroxyl groups is 1. The fourth-order valence-electron chi connectivity index (χ4n) is 5.22. The second-order valence-corrected chi connectivity index (χ2v) is 10.7. The molecule has 1 aliphatic heterocycles. The van der Waals surface area contributed by atoms with E-state index >= 15 is 0 Å². The molecule has 4 aromatic rings. The molecule has 1 saturated heterocycles. The number of aliphatic hydroxyl groups is 4. The van der Waals surface area contributed by atoms with Crippen molar-refractivity contribution in [1.29, 1.82) is 0 Å². The number of benzene rings is 2. The summed E-state index contributed by atoms with van der Waals surface area (Å²) < 4.78 is 1.39. The Kier molecular flexibility index (Phi) is 7.45. The van der Waals surface area contributed by atoms with Gasteiger partial charge in [0.05, 0.1) is 5.41 Å². The zero-order chi connectivity index (χ0) is 26.1. The van der Waals surface area contributed by atoms with E-state index in [0.29, 0.717) is 28.9 Å². The molecule has 0 aliphatic carbocycles. The van der Waals surface area contributed by atoms with Crippen LogP contribution in [-0.2, 0) is 11.8 Å². The predicted octanol–water partition coefficient (Wildman–Crippen LogP) is 3.23. The lowest BCUT2D eigenvalue weighted by atomic mass is 9.72. The highest BCUT2D eigenvalue weighted by molar-refractivity contribution is 7.17. The quantitative estimate of drug-likeness (QED) is 0.185. The minimum Gasteiger partial charge on any atom is -0.507 e. The zero-order valence-corrected chi connectivity index (χ0v) is 21.6. The number of hydrogen-bond acceptors (Lipinski definition) is 8. The summed E-state index contributed by atoms with van der Waals surface area (Å²) >= 11 is 1.82. The Morgan fingerprint density at radius 1 is 1.11 bits per heavy atom. The molecule has 2 atom stereocenters. The summed E-state index contributed by atoms with van der Waals surface area (Å²) in [5, 5.41) is 60.0. The van der Waals surface area contributed by atoms with Crippen LogP contribution in [0, 0.1) is 0 Å². The van der Waals surface area contributed by atoms with Crippen LogP contribution >= 0.6 is 11.3 Å². The van der Waals surface area contributed by atoms with Crippen LogP contribution in [-0.4, -0.2) is 55.4 Å². The molecule has 3 heterocycles. The SMILES string of the molecule is CCCC1(c2c[nH]c3cccc(O)c23)CC(O)(O)NC1(O)O.CNC(C)Cc1ccc2ccsc2c1. The van der Waals surface area contributed by atoms with Gasteiger partial charge in [0.15, 0.2) is 0 Å². The maximum Gasteiger partial charge on any atom is 0.236 e. The van der Waals surface area contributed by atoms with E-state index in [-0.39, 0.29) is 18.6 Å². The van der Waals surface area contributed by atoms with Gasteiger partial charge < -0.3 is 35.8 Å². The number of aromatic amines is 1. The molecular weight excluding hydrogens is 478 g/mol. The smallest absolute Gasteiger partial charge is 0.236 e. The van der Waals surface area contributed by atoms with Gasteiger partial charge in [0.25, 0.3) is 0 Å². The van der Waals surface area contributed by atoms with Gasteiger partial charge in [-0.15, -0.1) is 11.3 Å². The van der Waals surface area contributed by atoms with Crippen molar-refractivity contribution in [3.05, 3.63) is 65.2 Å². The van der Waals surface area contributed by atoms with Crippen LogP contribution in [0.5, 0.6) is 5.75 Å². The van der Waals surface area contributed by atoms with Gasteiger partial charge in [-0.3, -0.25) is 0 Å². The van der Waals surface area contributed by atoms with Gasteiger partial charge in [-0.05, 0) is 73.0 Å². The molecular formula is C27H35N3O5S. The van der Waals surface area contributed by atoms with Crippen LogP contribution in [0.15, 0.2) is 54.0 Å². The number of fused-ring (bicyclic) bond motifs is 2.